The normalized spacial score (nSPS) is 14.3. The number of halogens is 1. The van der Waals surface area contributed by atoms with E-state index >= 15 is 0 Å². The maximum absolute atomic E-state index is 12.1. The van der Waals surface area contributed by atoms with Gasteiger partial charge in [-0.2, -0.15) is 17.4 Å². The second-order valence-corrected chi connectivity index (χ2v) is 7.65. The van der Waals surface area contributed by atoms with E-state index in [0.717, 1.165) is 27.8 Å². The van der Waals surface area contributed by atoms with E-state index in [1.54, 1.807) is 0 Å². The molecule has 0 aromatic heterocycles. The number of benzene rings is 1. The SMILES string of the molecule is CN(CCCO)S(=O)(=O)NCc1cc(Br)cc2c1OCC2. The Balaban J connectivity index is 2.06. The maximum Gasteiger partial charge on any atom is 0.279 e. The summed E-state index contributed by atoms with van der Waals surface area (Å²) >= 11 is 3.43. The van der Waals surface area contributed by atoms with Crippen LogP contribution in [0.15, 0.2) is 16.6 Å². The van der Waals surface area contributed by atoms with Gasteiger partial charge < -0.3 is 9.84 Å². The molecule has 118 valence electrons. The molecule has 1 aliphatic heterocycles. The Morgan fingerprint density at radius 2 is 2.24 bits per heavy atom. The van der Waals surface area contributed by atoms with Crippen molar-refractivity contribution in [1.29, 1.82) is 0 Å². The molecular weight excluding hydrogens is 360 g/mol. The number of hydrogen-bond acceptors (Lipinski definition) is 4. The van der Waals surface area contributed by atoms with E-state index in [0.29, 0.717) is 13.0 Å². The molecule has 8 heteroatoms. The number of rotatable bonds is 7. The van der Waals surface area contributed by atoms with Crippen molar-refractivity contribution in [3.05, 3.63) is 27.7 Å². The van der Waals surface area contributed by atoms with Gasteiger partial charge in [0, 0.05) is 43.2 Å². The third-order valence-electron chi connectivity index (χ3n) is 3.31. The highest BCUT2D eigenvalue weighted by atomic mass is 79.9. The Kier molecular flexibility index (Phi) is 5.61. The van der Waals surface area contributed by atoms with E-state index < -0.39 is 10.2 Å². The quantitative estimate of drug-likeness (QED) is 0.742. The molecule has 1 aliphatic rings. The second-order valence-electron chi connectivity index (χ2n) is 4.88. The molecule has 0 unspecified atom stereocenters. The number of ether oxygens (including phenoxy) is 1. The zero-order valence-corrected chi connectivity index (χ0v) is 14.2. The number of hydrogen-bond donors (Lipinski definition) is 2. The summed E-state index contributed by atoms with van der Waals surface area (Å²) in [6.07, 6.45) is 1.25. The molecule has 1 aromatic rings. The van der Waals surface area contributed by atoms with Gasteiger partial charge in [0.25, 0.3) is 10.2 Å². The molecular formula is C13H19BrN2O4S. The van der Waals surface area contributed by atoms with Gasteiger partial charge in [0.05, 0.1) is 6.61 Å². The van der Waals surface area contributed by atoms with E-state index in [4.69, 9.17) is 9.84 Å². The number of fused-ring (bicyclic) bond motifs is 1. The second kappa shape index (κ2) is 7.06. The summed E-state index contributed by atoms with van der Waals surface area (Å²) in [5.41, 5.74) is 1.91. The van der Waals surface area contributed by atoms with Crippen LogP contribution in [0.5, 0.6) is 5.75 Å². The molecule has 1 aromatic carbocycles. The van der Waals surface area contributed by atoms with Gasteiger partial charge in [0.2, 0.25) is 0 Å². The Morgan fingerprint density at radius 3 is 2.95 bits per heavy atom. The smallest absolute Gasteiger partial charge is 0.279 e. The van der Waals surface area contributed by atoms with E-state index in [2.05, 4.69) is 20.7 Å². The van der Waals surface area contributed by atoms with E-state index in [9.17, 15) is 8.42 Å². The van der Waals surface area contributed by atoms with Gasteiger partial charge in [-0.3, -0.25) is 0 Å². The fourth-order valence-corrected chi connectivity index (χ4v) is 3.65. The van der Waals surface area contributed by atoms with Crippen LogP contribution in [-0.4, -0.2) is 44.6 Å². The van der Waals surface area contributed by atoms with Crippen LogP contribution in [0.4, 0.5) is 0 Å². The van der Waals surface area contributed by atoms with Gasteiger partial charge in [0.15, 0.2) is 0 Å². The van der Waals surface area contributed by atoms with E-state index in [1.807, 2.05) is 12.1 Å². The molecule has 0 saturated heterocycles. The molecule has 0 radical (unpaired) electrons. The van der Waals surface area contributed by atoms with Gasteiger partial charge >= 0.3 is 0 Å². The molecule has 21 heavy (non-hydrogen) atoms. The average Bonchev–Trinajstić information content (AvgIpc) is 2.90. The number of nitrogens with zero attached hydrogens (tertiary/aromatic N) is 1. The summed E-state index contributed by atoms with van der Waals surface area (Å²) < 4.78 is 34.4. The zero-order valence-electron chi connectivity index (χ0n) is 11.8. The van der Waals surface area contributed by atoms with Gasteiger partial charge in [-0.1, -0.05) is 15.9 Å². The average molecular weight is 379 g/mol. The molecule has 2 rings (SSSR count). The summed E-state index contributed by atoms with van der Waals surface area (Å²) in [6, 6.07) is 3.86. The van der Waals surface area contributed by atoms with Crippen LogP contribution in [0.1, 0.15) is 17.5 Å². The van der Waals surface area contributed by atoms with Crippen molar-refractivity contribution in [2.24, 2.45) is 0 Å². The fraction of sp³-hybridized carbons (Fsp3) is 0.538. The zero-order chi connectivity index (χ0) is 15.5. The van der Waals surface area contributed by atoms with Crippen molar-refractivity contribution in [2.45, 2.75) is 19.4 Å². The lowest BCUT2D eigenvalue weighted by molar-refractivity contribution is 0.275. The van der Waals surface area contributed by atoms with E-state index in [-0.39, 0.29) is 19.7 Å². The molecule has 0 amide bonds. The predicted octanol–water partition coefficient (Wildman–Crippen LogP) is 1.03. The van der Waals surface area contributed by atoms with E-state index in [1.165, 1.54) is 11.4 Å². The van der Waals surface area contributed by atoms with Crippen LogP contribution in [0.2, 0.25) is 0 Å². The van der Waals surface area contributed by atoms with Crippen molar-refractivity contribution in [2.75, 3.05) is 26.8 Å². The van der Waals surface area contributed by atoms with Gasteiger partial charge in [-0.05, 0) is 24.1 Å². The molecule has 1 heterocycles. The number of aliphatic hydroxyl groups excluding tert-OH is 1. The highest BCUT2D eigenvalue weighted by molar-refractivity contribution is 9.10. The monoisotopic (exact) mass is 378 g/mol. The number of aliphatic hydroxyl groups is 1. The molecule has 2 N–H and O–H groups in total. The minimum absolute atomic E-state index is 0.0349. The molecule has 0 aliphatic carbocycles. The molecule has 0 atom stereocenters. The lowest BCUT2D eigenvalue weighted by Gasteiger charge is -2.18. The molecule has 0 bridgehead atoms. The Bertz CT molecular complexity index is 606. The Hall–Kier alpha value is -0.670. The molecule has 0 saturated carbocycles. The maximum atomic E-state index is 12.1. The Labute approximate surface area is 133 Å². The molecule has 6 nitrogen and oxygen atoms in total. The van der Waals surface area contributed by atoms with Gasteiger partial charge in [-0.15, -0.1) is 0 Å². The summed E-state index contributed by atoms with van der Waals surface area (Å²) in [5.74, 6) is 0.777. The highest BCUT2D eigenvalue weighted by Crippen LogP contribution is 2.32. The van der Waals surface area contributed by atoms with Gasteiger partial charge in [-0.25, -0.2) is 0 Å². The van der Waals surface area contributed by atoms with Crippen LogP contribution in [-0.2, 0) is 23.2 Å². The first-order chi connectivity index (χ1) is 9.94. The van der Waals surface area contributed by atoms with Crippen molar-refractivity contribution in [3.8, 4) is 5.75 Å². The lowest BCUT2D eigenvalue weighted by Crippen LogP contribution is -2.38. The highest BCUT2D eigenvalue weighted by Gasteiger charge is 2.21. The lowest BCUT2D eigenvalue weighted by atomic mass is 10.1. The fourth-order valence-electron chi connectivity index (χ4n) is 2.17. The topological polar surface area (TPSA) is 78.9 Å². The van der Waals surface area contributed by atoms with Crippen molar-refractivity contribution < 1.29 is 18.3 Å². The third kappa shape index (κ3) is 4.17. The predicted molar refractivity (Wildman–Crippen MR) is 83.4 cm³/mol. The summed E-state index contributed by atoms with van der Waals surface area (Å²) in [6.45, 7) is 1.04. The first kappa shape index (κ1) is 16.7. The van der Waals surface area contributed by atoms with Crippen molar-refractivity contribution in [3.63, 3.8) is 0 Å². The van der Waals surface area contributed by atoms with Crippen LogP contribution in [0, 0.1) is 0 Å². The van der Waals surface area contributed by atoms with Gasteiger partial charge in [0.1, 0.15) is 5.75 Å². The standard InChI is InChI=1S/C13H19BrN2O4S/c1-16(4-2-5-17)21(18,19)15-9-11-8-12(14)7-10-3-6-20-13(10)11/h7-8,15,17H,2-6,9H2,1H3. The van der Waals surface area contributed by atoms with Crippen LogP contribution < -0.4 is 9.46 Å². The first-order valence-corrected chi connectivity index (χ1v) is 8.93. The molecule has 0 fully saturated rings. The van der Waals surface area contributed by atoms with Crippen LogP contribution in [0.25, 0.3) is 0 Å². The van der Waals surface area contributed by atoms with Crippen molar-refractivity contribution >= 4 is 26.1 Å². The first-order valence-electron chi connectivity index (χ1n) is 6.70. The van der Waals surface area contributed by atoms with Crippen LogP contribution >= 0.6 is 15.9 Å². The summed E-state index contributed by atoms with van der Waals surface area (Å²) in [7, 11) is -2.07. The molecule has 0 spiro atoms. The minimum Gasteiger partial charge on any atom is -0.493 e. The number of nitrogens with one attached hydrogen (secondary N) is 1. The Morgan fingerprint density at radius 1 is 1.48 bits per heavy atom. The largest absolute Gasteiger partial charge is 0.493 e. The summed E-state index contributed by atoms with van der Waals surface area (Å²) in [5, 5.41) is 8.76. The summed E-state index contributed by atoms with van der Waals surface area (Å²) in [4.78, 5) is 0. The third-order valence-corrected chi connectivity index (χ3v) is 5.28. The van der Waals surface area contributed by atoms with Crippen LogP contribution in [0.3, 0.4) is 0 Å². The van der Waals surface area contributed by atoms with Crippen molar-refractivity contribution in [1.82, 2.24) is 9.03 Å². The minimum atomic E-state index is -3.56.